The molecule has 0 amide bonds. The summed E-state index contributed by atoms with van der Waals surface area (Å²) in [6.45, 7) is 4.78. The molecule has 1 atom stereocenters. The molecule has 1 heterocycles. The highest BCUT2D eigenvalue weighted by Gasteiger charge is 2.32. The summed E-state index contributed by atoms with van der Waals surface area (Å²) in [5, 5.41) is 6.77. The van der Waals surface area contributed by atoms with Crippen molar-refractivity contribution in [2.75, 3.05) is 6.54 Å². The van der Waals surface area contributed by atoms with Crippen molar-refractivity contribution >= 4 is 0 Å². The second-order valence-electron chi connectivity index (χ2n) is 3.77. The lowest BCUT2D eigenvalue weighted by Gasteiger charge is -2.19. The maximum atomic E-state index is 12.4. The normalized spacial score (nSPS) is 13.9. The van der Waals surface area contributed by atoms with Crippen LogP contribution in [0.15, 0.2) is 6.33 Å². The van der Waals surface area contributed by atoms with Gasteiger partial charge in [0.05, 0.1) is 6.42 Å². The van der Waals surface area contributed by atoms with Gasteiger partial charge in [-0.2, -0.15) is 18.3 Å². The van der Waals surface area contributed by atoms with Crippen molar-refractivity contribution < 1.29 is 13.2 Å². The lowest BCUT2D eigenvalue weighted by molar-refractivity contribution is -0.140. The Bertz CT molecular complexity index is 335. The van der Waals surface area contributed by atoms with E-state index in [1.165, 1.54) is 6.33 Å². The first-order chi connectivity index (χ1) is 7.96. The Labute approximate surface area is 98.2 Å². The maximum Gasteiger partial charge on any atom is 0.390 e. The third-order valence-electron chi connectivity index (χ3n) is 2.39. The highest BCUT2D eigenvalue weighted by Crippen LogP contribution is 2.22. The van der Waals surface area contributed by atoms with E-state index in [0.717, 1.165) is 0 Å². The summed E-state index contributed by atoms with van der Waals surface area (Å²) >= 11 is 0. The van der Waals surface area contributed by atoms with Gasteiger partial charge < -0.3 is 5.32 Å². The average Bonchev–Trinajstić information content (AvgIpc) is 2.63. The van der Waals surface area contributed by atoms with Gasteiger partial charge in [0.25, 0.3) is 0 Å². The van der Waals surface area contributed by atoms with Gasteiger partial charge in [-0.25, -0.2) is 4.98 Å². The van der Waals surface area contributed by atoms with Crippen LogP contribution in [-0.2, 0) is 13.0 Å². The number of aromatic nitrogens is 3. The summed E-state index contributed by atoms with van der Waals surface area (Å²) in [5.74, 6) is 0.586. The molecule has 0 radical (unpaired) electrons. The Morgan fingerprint density at radius 1 is 1.41 bits per heavy atom. The highest BCUT2D eigenvalue weighted by molar-refractivity contribution is 4.90. The number of nitrogens with zero attached hydrogens (tertiary/aromatic N) is 3. The summed E-state index contributed by atoms with van der Waals surface area (Å²) in [6.07, 6.45) is -3.40. The predicted octanol–water partition coefficient (Wildman–Crippen LogP) is 1.77. The molecule has 0 spiro atoms. The van der Waals surface area contributed by atoms with E-state index in [0.29, 0.717) is 18.9 Å². The molecule has 17 heavy (non-hydrogen) atoms. The van der Waals surface area contributed by atoms with Crippen LogP contribution in [0.1, 0.15) is 26.1 Å². The zero-order chi connectivity index (χ0) is 12.9. The molecular weight excluding hydrogens is 233 g/mol. The SMILES string of the molecule is CCNC(Cc1ncnn1CC)CC(F)(F)F. The van der Waals surface area contributed by atoms with Crippen molar-refractivity contribution in [3.63, 3.8) is 0 Å². The molecule has 0 fully saturated rings. The summed E-state index contributed by atoms with van der Waals surface area (Å²) in [7, 11) is 0. The molecule has 0 aliphatic heterocycles. The van der Waals surface area contributed by atoms with Gasteiger partial charge in [-0.3, -0.25) is 4.68 Å². The van der Waals surface area contributed by atoms with E-state index in [1.54, 1.807) is 11.6 Å². The molecule has 98 valence electrons. The molecule has 0 saturated heterocycles. The first kappa shape index (κ1) is 14.0. The fourth-order valence-corrected chi connectivity index (χ4v) is 1.72. The van der Waals surface area contributed by atoms with E-state index in [4.69, 9.17) is 0 Å². The van der Waals surface area contributed by atoms with Gasteiger partial charge in [-0.05, 0) is 13.5 Å². The average molecular weight is 250 g/mol. The maximum absolute atomic E-state index is 12.4. The number of nitrogens with one attached hydrogen (secondary N) is 1. The van der Waals surface area contributed by atoms with E-state index in [9.17, 15) is 13.2 Å². The molecule has 0 saturated carbocycles. The number of alkyl halides is 3. The Morgan fingerprint density at radius 2 is 2.12 bits per heavy atom. The second-order valence-corrected chi connectivity index (χ2v) is 3.77. The van der Waals surface area contributed by atoms with Crippen LogP contribution in [0.3, 0.4) is 0 Å². The van der Waals surface area contributed by atoms with Crippen LogP contribution >= 0.6 is 0 Å². The van der Waals surface area contributed by atoms with Crippen molar-refractivity contribution in [1.82, 2.24) is 20.1 Å². The van der Waals surface area contributed by atoms with E-state index in [-0.39, 0.29) is 6.42 Å². The van der Waals surface area contributed by atoms with Gasteiger partial charge >= 0.3 is 6.18 Å². The molecule has 1 N–H and O–H groups in total. The van der Waals surface area contributed by atoms with Crippen LogP contribution in [0, 0.1) is 0 Å². The van der Waals surface area contributed by atoms with E-state index < -0.39 is 18.6 Å². The molecule has 7 heteroatoms. The fraction of sp³-hybridized carbons (Fsp3) is 0.800. The first-order valence-electron chi connectivity index (χ1n) is 5.63. The van der Waals surface area contributed by atoms with Crippen molar-refractivity contribution in [2.45, 2.75) is 45.5 Å². The highest BCUT2D eigenvalue weighted by atomic mass is 19.4. The third kappa shape index (κ3) is 4.72. The van der Waals surface area contributed by atoms with Crippen LogP contribution in [-0.4, -0.2) is 33.5 Å². The number of halogens is 3. The molecule has 1 rings (SSSR count). The minimum absolute atomic E-state index is 0.237. The van der Waals surface area contributed by atoms with E-state index >= 15 is 0 Å². The predicted molar refractivity (Wildman–Crippen MR) is 57.5 cm³/mol. The fourth-order valence-electron chi connectivity index (χ4n) is 1.72. The number of aryl methyl sites for hydroxylation is 1. The van der Waals surface area contributed by atoms with Gasteiger partial charge in [0.1, 0.15) is 12.2 Å². The zero-order valence-electron chi connectivity index (χ0n) is 9.96. The molecular formula is C10H17F3N4. The Morgan fingerprint density at radius 3 is 2.65 bits per heavy atom. The summed E-state index contributed by atoms with van der Waals surface area (Å²) < 4.78 is 38.7. The summed E-state index contributed by atoms with van der Waals surface area (Å²) in [6, 6.07) is -0.644. The smallest absolute Gasteiger partial charge is 0.313 e. The molecule has 0 aromatic carbocycles. The van der Waals surface area contributed by atoms with Gasteiger partial charge in [0.15, 0.2) is 0 Å². The Hall–Kier alpha value is -1.11. The van der Waals surface area contributed by atoms with Crippen LogP contribution in [0.2, 0.25) is 0 Å². The third-order valence-corrected chi connectivity index (χ3v) is 2.39. The largest absolute Gasteiger partial charge is 0.390 e. The monoisotopic (exact) mass is 250 g/mol. The van der Waals surface area contributed by atoms with Gasteiger partial charge in [-0.15, -0.1) is 0 Å². The number of rotatable bonds is 6. The lowest BCUT2D eigenvalue weighted by Crippen LogP contribution is -2.36. The molecule has 1 aromatic heterocycles. The Balaban J connectivity index is 2.66. The van der Waals surface area contributed by atoms with Crippen molar-refractivity contribution in [3.05, 3.63) is 12.2 Å². The first-order valence-corrected chi connectivity index (χ1v) is 5.63. The van der Waals surface area contributed by atoms with Crippen LogP contribution in [0.4, 0.5) is 13.2 Å². The molecule has 0 aliphatic carbocycles. The van der Waals surface area contributed by atoms with Gasteiger partial charge in [-0.1, -0.05) is 6.92 Å². The number of likely N-dealkylation sites (N-methyl/N-ethyl adjacent to an activating group) is 1. The number of hydrogen-bond donors (Lipinski definition) is 1. The van der Waals surface area contributed by atoms with Gasteiger partial charge in [0, 0.05) is 19.0 Å². The minimum Gasteiger partial charge on any atom is -0.313 e. The van der Waals surface area contributed by atoms with Crippen LogP contribution in [0.5, 0.6) is 0 Å². The van der Waals surface area contributed by atoms with E-state index in [1.807, 2.05) is 6.92 Å². The van der Waals surface area contributed by atoms with Crippen LogP contribution < -0.4 is 5.32 Å². The van der Waals surface area contributed by atoms with Crippen molar-refractivity contribution in [1.29, 1.82) is 0 Å². The Kier molecular flexibility index (Phi) is 4.92. The molecule has 1 aromatic rings. The molecule has 1 unspecified atom stereocenters. The summed E-state index contributed by atoms with van der Waals surface area (Å²) in [4.78, 5) is 3.98. The second kappa shape index (κ2) is 6.00. The molecule has 4 nitrogen and oxygen atoms in total. The van der Waals surface area contributed by atoms with E-state index in [2.05, 4.69) is 15.4 Å². The topological polar surface area (TPSA) is 42.7 Å². The number of hydrogen-bond acceptors (Lipinski definition) is 3. The quantitative estimate of drug-likeness (QED) is 0.836. The minimum atomic E-state index is -4.16. The zero-order valence-corrected chi connectivity index (χ0v) is 9.96. The van der Waals surface area contributed by atoms with Crippen molar-refractivity contribution in [3.8, 4) is 0 Å². The molecule has 0 aliphatic rings. The summed E-state index contributed by atoms with van der Waals surface area (Å²) in [5.41, 5.74) is 0. The van der Waals surface area contributed by atoms with Crippen molar-refractivity contribution in [2.24, 2.45) is 0 Å². The van der Waals surface area contributed by atoms with Crippen LogP contribution in [0.25, 0.3) is 0 Å². The van der Waals surface area contributed by atoms with Gasteiger partial charge in [0.2, 0.25) is 0 Å². The lowest BCUT2D eigenvalue weighted by atomic mass is 10.1. The molecule has 0 bridgehead atoms. The standard InChI is InChI=1S/C10H17F3N4/c1-3-14-8(6-10(11,12)13)5-9-15-7-16-17(9)4-2/h7-8,14H,3-6H2,1-2H3.